The molecule has 2 fully saturated rings. The number of halogens is 1. The topological polar surface area (TPSA) is 49.8 Å². The Kier molecular flexibility index (Phi) is 3.38. The molecule has 1 aliphatic carbocycles. The third-order valence-corrected chi connectivity index (χ3v) is 4.39. The van der Waals surface area contributed by atoms with E-state index in [1.807, 2.05) is 0 Å². The molecule has 2 aliphatic rings. The van der Waals surface area contributed by atoms with Crippen molar-refractivity contribution in [3.8, 4) is 0 Å². The molecule has 20 heavy (non-hydrogen) atoms. The van der Waals surface area contributed by atoms with Gasteiger partial charge in [-0.05, 0) is 43.7 Å². The quantitative estimate of drug-likeness (QED) is 0.905. The number of hydrogen-bond donors (Lipinski definition) is 1. The minimum Gasteiger partial charge on any atom is -0.441 e. The van der Waals surface area contributed by atoms with Crippen LogP contribution < -0.4 is 4.90 Å². The highest BCUT2D eigenvalue weighted by Crippen LogP contribution is 2.40. The minimum absolute atomic E-state index is 0.182. The SMILES string of the molecule is O=C1O[C@]2(CC[C@H](CO)CC2)CN1c1ccccc1F. The van der Waals surface area contributed by atoms with E-state index in [0.29, 0.717) is 12.5 Å². The molecule has 0 bridgehead atoms. The molecule has 1 aromatic rings. The highest BCUT2D eigenvalue weighted by atomic mass is 19.1. The van der Waals surface area contributed by atoms with Crippen molar-refractivity contribution < 1.29 is 19.0 Å². The van der Waals surface area contributed by atoms with Gasteiger partial charge < -0.3 is 9.84 Å². The second-order valence-electron chi connectivity index (χ2n) is 5.71. The molecule has 1 spiro atoms. The summed E-state index contributed by atoms with van der Waals surface area (Å²) in [5.74, 6) is -0.118. The fraction of sp³-hybridized carbons (Fsp3) is 0.533. The monoisotopic (exact) mass is 279 g/mol. The van der Waals surface area contributed by atoms with Gasteiger partial charge in [-0.25, -0.2) is 9.18 Å². The number of rotatable bonds is 2. The summed E-state index contributed by atoms with van der Waals surface area (Å²) in [6.45, 7) is 0.575. The molecular formula is C15H18FNO3. The second-order valence-corrected chi connectivity index (χ2v) is 5.71. The highest BCUT2D eigenvalue weighted by Gasteiger charge is 2.47. The van der Waals surface area contributed by atoms with E-state index in [-0.39, 0.29) is 12.3 Å². The van der Waals surface area contributed by atoms with E-state index in [0.717, 1.165) is 25.7 Å². The minimum atomic E-state index is -0.509. The summed E-state index contributed by atoms with van der Waals surface area (Å²) in [5.41, 5.74) is -0.232. The average Bonchev–Trinajstić information content (AvgIpc) is 2.77. The molecule has 0 radical (unpaired) electrons. The van der Waals surface area contributed by atoms with Crippen molar-refractivity contribution in [2.45, 2.75) is 31.3 Å². The molecule has 1 saturated heterocycles. The van der Waals surface area contributed by atoms with E-state index < -0.39 is 17.5 Å². The summed E-state index contributed by atoms with van der Waals surface area (Å²) in [5, 5.41) is 9.17. The third kappa shape index (κ3) is 2.26. The lowest BCUT2D eigenvalue weighted by Gasteiger charge is -2.34. The summed E-state index contributed by atoms with van der Waals surface area (Å²) >= 11 is 0. The highest BCUT2D eigenvalue weighted by molar-refractivity contribution is 5.90. The number of carbonyl (C=O) groups is 1. The van der Waals surface area contributed by atoms with Gasteiger partial charge in [-0.1, -0.05) is 12.1 Å². The van der Waals surface area contributed by atoms with Crippen LogP contribution in [0.5, 0.6) is 0 Å². The number of nitrogens with zero attached hydrogens (tertiary/aromatic N) is 1. The van der Waals surface area contributed by atoms with Crippen LogP contribution in [0.2, 0.25) is 0 Å². The molecule has 3 rings (SSSR count). The number of ether oxygens (including phenoxy) is 1. The van der Waals surface area contributed by atoms with E-state index >= 15 is 0 Å². The van der Waals surface area contributed by atoms with Crippen molar-refractivity contribution in [3.05, 3.63) is 30.1 Å². The first-order chi connectivity index (χ1) is 9.63. The van der Waals surface area contributed by atoms with Crippen molar-refractivity contribution in [1.82, 2.24) is 0 Å². The molecule has 5 heteroatoms. The van der Waals surface area contributed by atoms with Gasteiger partial charge in [0.2, 0.25) is 0 Å². The standard InChI is InChI=1S/C15H18FNO3/c16-12-3-1-2-4-13(12)17-10-15(20-14(17)19)7-5-11(9-18)6-8-15/h1-4,11,18H,5-10H2/t11-,15-. The molecule has 1 aromatic carbocycles. The maximum absolute atomic E-state index is 13.8. The van der Waals surface area contributed by atoms with Crippen LogP contribution in [0.4, 0.5) is 14.9 Å². The van der Waals surface area contributed by atoms with E-state index in [9.17, 15) is 14.3 Å². The Morgan fingerprint density at radius 1 is 1.35 bits per heavy atom. The van der Waals surface area contributed by atoms with Gasteiger partial charge in [0, 0.05) is 6.61 Å². The lowest BCUT2D eigenvalue weighted by molar-refractivity contribution is 0.00558. The van der Waals surface area contributed by atoms with Crippen molar-refractivity contribution in [2.24, 2.45) is 5.92 Å². The van der Waals surface area contributed by atoms with Gasteiger partial charge in [0.25, 0.3) is 0 Å². The maximum atomic E-state index is 13.8. The zero-order chi connectivity index (χ0) is 14.2. The van der Waals surface area contributed by atoms with Crippen LogP contribution in [0.15, 0.2) is 24.3 Å². The molecule has 1 amide bonds. The van der Waals surface area contributed by atoms with Gasteiger partial charge >= 0.3 is 6.09 Å². The number of amides is 1. The normalized spacial score (nSPS) is 29.8. The van der Waals surface area contributed by atoms with E-state index in [4.69, 9.17) is 4.74 Å². The molecular weight excluding hydrogens is 261 g/mol. The number of hydrogen-bond acceptors (Lipinski definition) is 3. The molecule has 0 unspecified atom stereocenters. The average molecular weight is 279 g/mol. The maximum Gasteiger partial charge on any atom is 0.415 e. The number of aliphatic hydroxyl groups excluding tert-OH is 1. The summed E-state index contributed by atoms with van der Waals surface area (Å²) < 4.78 is 19.3. The van der Waals surface area contributed by atoms with Crippen LogP contribution >= 0.6 is 0 Å². The number of anilines is 1. The first kappa shape index (κ1) is 13.4. The zero-order valence-corrected chi connectivity index (χ0v) is 11.2. The van der Waals surface area contributed by atoms with Crippen molar-refractivity contribution in [1.29, 1.82) is 0 Å². The Morgan fingerprint density at radius 2 is 2.05 bits per heavy atom. The summed E-state index contributed by atoms with van der Waals surface area (Å²) in [4.78, 5) is 13.4. The largest absolute Gasteiger partial charge is 0.441 e. The van der Waals surface area contributed by atoms with E-state index in [2.05, 4.69) is 0 Å². The number of aliphatic hydroxyl groups is 1. The first-order valence-corrected chi connectivity index (χ1v) is 6.99. The van der Waals surface area contributed by atoms with Crippen molar-refractivity contribution >= 4 is 11.8 Å². The molecule has 1 aliphatic heterocycles. The van der Waals surface area contributed by atoms with Gasteiger partial charge in [0.15, 0.2) is 0 Å². The molecule has 1 heterocycles. The van der Waals surface area contributed by atoms with E-state index in [1.54, 1.807) is 18.2 Å². The van der Waals surface area contributed by atoms with Gasteiger partial charge in [-0.2, -0.15) is 0 Å². The molecule has 1 saturated carbocycles. The fourth-order valence-electron chi connectivity index (χ4n) is 3.13. The predicted molar refractivity (Wildman–Crippen MR) is 72.0 cm³/mol. The van der Waals surface area contributed by atoms with Crippen LogP contribution in [0.1, 0.15) is 25.7 Å². The second kappa shape index (κ2) is 5.05. The molecule has 4 nitrogen and oxygen atoms in total. The molecule has 1 N–H and O–H groups in total. The van der Waals surface area contributed by atoms with Crippen LogP contribution in [0.3, 0.4) is 0 Å². The number of carbonyl (C=O) groups excluding carboxylic acids is 1. The number of benzene rings is 1. The number of para-hydroxylation sites is 1. The van der Waals surface area contributed by atoms with Gasteiger partial charge in [-0.15, -0.1) is 0 Å². The van der Waals surface area contributed by atoms with Crippen LogP contribution in [0.25, 0.3) is 0 Å². The van der Waals surface area contributed by atoms with Gasteiger partial charge in [-0.3, -0.25) is 4.90 Å². The Morgan fingerprint density at radius 3 is 2.70 bits per heavy atom. The summed E-state index contributed by atoms with van der Waals surface area (Å²) in [6, 6.07) is 6.24. The van der Waals surface area contributed by atoms with Crippen molar-refractivity contribution in [2.75, 3.05) is 18.1 Å². The lowest BCUT2D eigenvalue weighted by atomic mass is 9.79. The summed E-state index contributed by atoms with van der Waals surface area (Å²) in [7, 11) is 0. The Bertz CT molecular complexity index is 512. The Hall–Kier alpha value is -1.62. The van der Waals surface area contributed by atoms with Gasteiger partial charge in [0.1, 0.15) is 11.4 Å². The predicted octanol–water partition coefficient (Wildman–Crippen LogP) is 2.70. The Balaban J connectivity index is 1.78. The smallest absolute Gasteiger partial charge is 0.415 e. The molecule has 0 aromatic heterocycles. The van der Waals surface area contributed by atoms with Gasteiger partial charge in [0.05, 0.1) is 12.2 Å². The van der Waals surface area contributed by atoms with E-state index in [1.165, 1.54) is 11.0 Å². The molecule has 108 valence electrons. The zero-order valence-electron chi connectivity index (χ0n) is 11.2. The fourth-order valence-corrected chi connectivity index (χ4v) is 3.13. The molecule has 0 atom stereocenters. The van der Waals surface area contributed by atoms with Crippen molar-refractivity contribution in [3.63, 3.8) is 0 Å². The van der Waals surface area contributed by atoms with Crippen LogP contribution in [-0.2, 0) is 4.74 Å². The van der Waals surface area contributed by atoms with Crippen LogP contribution in [-0.4, -0.2) is 30.0 Å². The Labute approximate surface area is 117 Å². The summed E-state index contributed by atoms with van der Waals surface area (Å²) in [6.07, 6.45) is 2.67. The van der Waals surface area contributed by atoms with Crippen LogP contribution in [0, 0.1) is 11.7 Å². The first-order valence-electron chi connectivity index (χ1n) is 6.99. The lowest BCUT2D eigenvalue weighted by Crippen LogP contribution is -2.39. The third-order valence-electron chi connectivity index (χ3n) is 4.39.